The van der Waals surface area contributed by atoms with Gasteiger partial charge in [0.1, 0.15) is 11.5 Å². The van der Waals surface area contributed by atoms with Crippen molar-refractivity contribution in [1.29, 1.82) is 0 Å². The lowest BCUT2D eigenvalue weighted by Gasteiger charge is -2.26. The van der Waals surface area contributed by atoms with Crippen LogP contribution < -0.4 is 5.32 Å². The lowest BCUT2D eigenvalue weighted by molar-refractivity contribution is -0.384. The molecule has 24 heavy (non-hydrogen) atoms. The summed E-state index contributed by atoms with van der Waals surface area (Å²) in [5.74, 6) is 1.68. The molecule has 0 radical (unpaired) electrons. The third-order valence-electron chi connectivity index (χ3n) is 3.87. The Hall–Kier alpha value is -2.12. The molecule has 1 aliphatic heterocycles. The molecule has 0 spiro atoms. The average Bonchev–Trinajstić information content (AvgIpc) is 2.57. The van der Waals surface area contributed by atoms with Gasteiger partial charge in [-0.2, -0.15) is 11.8 Å². The number of nitrogens with one attached hydrogen (secondary N) is 1. The summed E-state index contributed by atoms with van der Waals surface area (Å²) in [6, 6.07) is 11.3. The highest BCUT2D eigenvalue weighted by atomic mass is 32.2. The van der Waals surface area contributed by atoms with Crippen molar-refractivity contribution in [2.45, 2.75) is 6.54 Å². The summed E-state index contributed by atoms with van der Waals surface area (Å²) in [7, 11) is 0. The fourth-order valence-corrected chi connectivity index (χ4v) is 3.66. The lowest BCUT2D eigenvalue weighted by atomic mass is 10.1. The first-order chi connectivity index (χ1) is 11.6. The molecule has 3 rings (SSSR count). The molecule has 0 unspecified atom stereocenters. The number of halogens is 1. The molecule has 1 fully saturated rings. The molecule has 1 aliphatic rings. The van der Waals surface area contributed by atoms with Crippen LogP contribution in [0.2, 0.25) is 0 Å². The van der Waals surface area contributed by atoms with Gasteiger partial charge < -0.3 is 5.32 Å². The Morgan fingerprint density at radius 1 is 1.21 bits per heavy atom. The summed E-state index contributed by atoms with van der Waals surface area (Å²) in [5.41, 5.74) is 1.92. The van der Waals surface area contributed by atoms with Crippen LogP contribution in [-0.2, 0) is 6.54 Å². The van der Waals surface area contributed by atoms with E-state index in [0.717, 1.165) is 48.5 Å². The van der Waals surface area contributed by atoms with Crippen LogP contribution in [0.25, 0.3) is 0 Å². The van der Waals surface area contributed by atoms with E-state index >= 15 is 0 Å². The van der Waals surface area contributed by atoms with Crippen molar-refractivity contribution in [2.24, 2.45) is 0 Å². The van der Waals surface area contributed by atoms with Crippen LogP contribution in [-0.4, -0.2) is 34.4 Å². The standard InChI is InChI=1S/C17H18FN3O2S/c18-14-4-5-16(17(11-14)21(22)23)19-15-3-1-2-13(10-15)12-20-6-8-24-9-7-20/h1-5,10-11,19H,6-9,12H2. The maximum absolute atomic E-state index is 13.2. The van der Waals surface area contributed by atoms with Crippen molar-refractivity contribution in [1.82, 2.24) is 4.90 Å². The van der Waals surface area contributed by atoms with Gasteiger partial charge >= 0.3 is 0 Å². The van der Waals surface area contributed by atoms with E-state index in [1.54, 1.807) is 0 Å². The Labute approximate surface area is 144 Å². The van der Waals surface area contributed by atoms with E-state index in [1.165, 1.54) is 12.1 Å². The molecule has 1 saturated heterocycles. The van der Waals surface area contributed by atoms with Gasteiger partial charge in [-0.15, -0.1) is 0 Å². The van der Waals surface area contributed by atoms with E-state index in [-0.39, 0.29) is 11.4 Å². The average molecular weight is 347 g/mol. The number of anilines is 2. The number of thioether (sulfide) groups is 1. The minimum atomic E-state index is -0.621. The number of benzene rings is 2. The minimum absolute atomic E-state index is 0.270. The van der Waals surface area contributed by atoms with E-state index < -0.39 is 10.7 Å². The van der Waals surface area contributed by atoms with Crippen molar-refractivity contribution in [3.8, 4) is 0 Å². The van der Waals surface area contributed by atoms with Crippen molar-refractivity contribution in [2.75, 3.05) is 29.9 Å². The topological polar surface area (TPSA) is 58.4 Å². The van der Waals surface area contributed by atoms with Gasteiger partial charge in [-0.1, -0.05) is 12.1 Å². The molecular formula is C17H18FN3O2S. The van der Waals surface area contributed by atoms with Crippen LogP contribution in [0, 0.1) is 15.9 Å². The maximum Gasteiger partial charge on any atom is 0.295 e. The molecule has 0 saturated carbocycles. The first kappa shape index (κ1) is 16.7. The van der Waals surface area contributed by atoms with E-state index in [9.17, 15) is 14.5 Å². The molecule has 5 nitrogen and oxygen atoms in total. The van der Waals surface area contributed by atoms with Crippen molar-refractivity contribution >= 4 is 28.8 Å². The third-order valence-corrected chi connectivity index (χ3v) is 4.81. The fourth-order valence-electron chi connectivity index (χ4n) is 2.68. The van der Waals surface area contributed by atoms with Gasteiger partial charge in [0.15, 0.2) is 0 Å². The summed E-state index contributed by atoms with van der Waals surface area (Å²) in [6.45, 7) is 3.01. The van der Waals surface area contributed by atoms with E-state index in [2.05, 4.69) is 10.2 Å². The third kappa shape index (κ3) is 4.24. The summed E-state index contributed by atoms with van der Waals surface area (Å²) in [5, 5.41) is 14.1. The van der Waals surface area contributed by atoms with Gasteiger partial charge in [0, 0.05) is 36.8 Å². The van der Waals surface area contributed by atoms with Gasteiger partial charge in [-0.25, -0.2) is 4.39 Å². The number of nitro benzene ring substituents is 1. The van der Waals surface area contributed by atoms with Crippen molar-refractivity contribution in [3.63, 3.8) is 0 Å². The highest BCUT2D eigenvalue weighted by molar-refractivity contribution is 7.99. The van der Waals surface area contributed by atoms with Crippen LogP contribution in [0.4, 0.5) is 21.5 Å². The number of rotatable bonds is 5. The molecule has 2 aromatic carbocycles. The summed E-state index contributed by atoms with van der Waals surface area (Å²) in [4.78, 5) is 12.9. The molecular weight excluding hydrogens is 329 g/mol. The predicted octanol–water partition coefficient (Wildman–Crippen LogP) is 4.03. The molecule has 7 heteroatoms. The molecule has 0 aromatic heterocycles. The molecule has 1 heterocycles. The predicted molar refractivity (Wildman–Crippen MR) is 95.4 cm³/mol. The Morgan fingerprint density at radius 2 is 2.00 bits per heavy atom. The van der Waals surface area contributed by atoms with E-state index in [4.69, 9.17) is 0 Å². The second-order valence-electron chi connectivity index (χ2n) is 5.63. The summed E-state index contributed by atoms with van der Waals surface area (Å²) < 4.78 is 13.2. The maximum atomic E-state index is 13.2. The first-order valence-corrected chi connectivity index (χ1v) is 8.87. The monoisotopic (exact) mass is 347 g/mol. The number of nitrogens with zero attached hydrogens (tertiary/aromatic N) is 2. The highest BCUT2D eigenvalue weighted by Crippen LogP contribution is 2.28. The smallest absolute Gasteiger partial charge is 0.295 e. The van der Waals surface area contributed by atoms with Gasteiger partial charge in [-0.3, -0.25) is 15.0 Å². The zero-order valence-electron chi connectivity index (χ0n) is 13.1. The van der Waals surface area contributed by atoms with Gasteiger partial charge in [0.05, 0.1) is 11.0 Å². The molecule has 0 aliphatic carbocycles. The molecule has 2 aromatic rings. The summed E-state index contributed by atoms with van der Waals surface area (Å²) >= 11 is 1.97. The normalized spacial score (nSPS) is 15.2. The van der Waals surface area contributed by atoms with Gasteiger partial charge in [-0.05, 0) is 29.8 Å². The summed E-state index contributed by atoms with van der Waals surface area (Å²) in [6.07, 6.45) is 0. The largest absolute Gasteiger partial charge is 0.350 e. The molecule has 0 atom stereocenters. The van der Waals surface area contributed by atoms with Crippen LogP contribution in [0.3, 0.4) is 0 Å². The second kappa shape index (κ2) is 7.63. The minimum Gasteiger partial charge on any atom is -0.350 e. The Morgan fingerprint density at radius 3 is 2.75 bits per heavy atom. The number of nitro groups is 1. The zero-order chi connectivity index (χ0) is 16.9. The van der Waals surface area contributed by atoms with Crippen molar-refractivity contribution in [3.05, 3.63) is 64.0 Å². The SMILES string of the molecule is O=[N+]([O-])c1cc(F)ccc1Nc1cccc(CN2CCSCC2)c1. The van der Waals surface area contributed by atoms with Gasteiger partial charge in [0.2, 0.25) is 0 Å². The van der Waals surface area contributed by atoms with E-state index in [0.29, 0.717) is 0 Å². The zero-order valence-corrected chi connectivity index (χ0v) is 13.9. The van der Waals surface area contributed by atoms with Crippen molar-refractivity contribution < 1.29 is 9.31 Å². The molecule has 0 amide bonds. The van der Waals surface area contributed by atoms with Crippen LogP contribution in [0.5, 0.6) is 0 Å². The Kier molecular flexibility index (Phi) is 5.32. The fraction of sp³-hybridized carbons (Fsp3) is 0.294. The quantitative estimate of drug-likeness (QED) is 0.654. The number of hydrogen-bond acceptors (Lipinski definition) is 5. The van der Waals surface area contributed by atoms with E-state index in [1.807, 2.05) is 36.0 Å². The van der Waals surface area contributed by atoms with Crippen LogP contribution in [0.1, 0.15) is 5.56 Å². The first-order valence-electron chi connectivity index (χ1n) is 7.72. The Bertz CT molecular complexity index is 736. The molecule has 126 valence electrons. The molecule has 0 bridgehead atoms. The molecule has 1 N–H and O–H groups in total. The number of hydrogen-bond donors (Lipinski definition) is 1. The van der Waals surface area contributed by atoms with Gasteiger partial charge in [0.25, 0.3) is 5.69 Å². The van der Waals surface area contributed by atoms with Crippen LogP contribution in [0.15, 0.2) is 42.5 Å². The van der Waals surface area contributed by atoms with Crippen LogP contribution >= 0.6 is 11.8 Å². The lowest BCUT2D eigenvalue weighted by Crippen LogP contribution is -2.31. The Balaban J connectivity index is 1.76. The highest BCUT2D eigenvalue weighted by Gasteiger charge is 2.15. The second-order valence-corrected chi connectivity index (χ2v) is 6.86.